The van der Waals surface area contributed by atoms with Crippen LogP contribution in [0.15, 0.2) is 24.3 Å². The second kappa shape index (κ2) is 4.53. The van der Waals surface area contributed by atoms with Gasteiger partial charge in [0.05, 0.1) is 0 Å². The Hall–Kier alpha value is -1.23. The van der Waals surface area contributed by atoms with Crippen LogP contribution in [0.1, 0.15) is 5.56 Å². The zero-order valence-electron chi connectivity index (χ0n) is 7.34. The predicted molar refractivity (Wildman–Crippen MR) is 47.7 cm³/mol. The third-order valence-corrected chi connectivity index (χ3v) is 1.63. The van der Waals surface area contributed by atoms with Crippen LogP contribution in [0.3, 0.4) is 0 Å². The molecule has 1 aromatic rings. The minimum absolute atomic E-state index is 0.0200. The smallest absolute Gasteiger partial charge is 0.406 e. The van der Waals surface area contributed by atoms with E-state index in [4.69, 9.17) is 11.6 Å². The number of alkyl halides is 3. The van der Waals surface area contributed by atoms with Gasteiger partial charge in [-0.15, -0.1) is 13.2 Å². The van der Waals surface area contributed by atoms with Gasteiger partial charge in [-0.25, -0.2) is 0 Å². The molecule has 0 aromatic heterocycles. The van der Waals surface area contributed by atoms with Crippen LogP contribution in [0, 0.1) is 0 Å². The Labute approximate surface area is 88.6 Å². The molecule has 82 valence electrons. The van der Waals surface area contributed by atoms with E-state index < -0.39 is 11.6 Å². The third kappa shape index (κ3) is 4.69. The van der Waals surface area contributed by atoms with Crippen molar-refractivity contribution in [3.05, 3.63) is 29.8 Å². The molecule has 0 unspecified atom stereocenters. The summed E-state index contributed by atoms with van der Waals surface area (Å²) in [5.74, 6) is -0.326. The van der Waals surface area contributed by atoms with Crippen LogP contribution in [0.2, 0.25) is 0 Å². The molecule has 0 aliphatic heterocycles. The average Bonchev–Trinajstić information content (AvgIpc) is 2.05. The monoisotopic (exact) mass is 238 g/mol. The fourth-order valence-electron chi connectivity index (χ4n) is 0.969. The molecule has 0 saturated carbocycles. The summed E-state index contributed by atoms with van der Waals surface area (Å²) >= 11 is 5.11. The Balaban J connectivity index is 2.68. The zero-order valence-corrected chi connectivity index (χ0v) is 8.10. The quantitative estimate of drug-likeness (QED) is 0.757. The summed E-state index contributed by atoms with van der Waals surface area (Å²) < 4.78 is 38.9. The number of ether oxygens (including phenoxy) is 1. The van der Waals surface area contributed by atoms with Crippen LogP contribution in [-0.4, -0.2) is 11.6 Å². The number of benzene rings is 1. The Kier molecular flexibility index (Phi) is 3.57. The first-order valence-corrected chi connectivity index (χ1v) is 4.27. The highest BCUT2D eigenvalue weighted by Crippen LogP contribution is 2.22. The number of hydrogen-bond acceptors (Lipinski definition) is 2. The molecule has 0 heterocycles. The van der Waals surface area contributed by atoms with Crippen molar-refractivity contribution in [2.75, 3.05) is 0 Å². The highest BCUT2D eigenvalue weighted by atomic mass is 35.5. The third-order valence-electron chi connectivity index (χ3n) is 1.50. The van der Waals surface area contributed by atoms with E-state index in [0.717, 1.165) is 12.1 Å². The normalized spacial score (nSPS) is 11.2. The molecule has 2 nitrogen and oxygen atoms in total. The second-order valence-electron chi connectivity index (χ2n) is 2.72. The summed E-state index contributed by atoms with van der Waals surface area (Å²) in [4.78, 5) is 10.5. The molecule has 1 rings (SSSR count). The number of carbonyl (C=O) groups excluding carboxylic acids is 1. The molecule has 0 spiro atoms. The van der Waals surface area contributed by atoms with Gasteiger partial charge in [-0.05, 0) is 29.3 Å². The van der Waals surface area contributed by atoms with Crippen LogP contribution in [0.4, 0.5) is 13.2 Å². The van der Waals surface area contributed by atoms with Crippen molar-refractivity contribution in [2.45, 2.75) is 12.8 Å². The molecule has 0 bridgehead atoms. The molecule has 0 aliphatic carbocycles. The van der Waals surface area contributed by atoms with Gasteiger partial charge in [-0.2, -0.15) is 0 Å². The van der Waals surface area contributed by atoms with Gasteiger partial charge in [-0.3, -0.25) is 4.79 Å². The van der Waals surface area contributed by atoms with E-state index in [2.05, 4.69) is 4.74 Å². The van der Waals surface area contributed by atoms with Gasteiger partial charge < -0.3 is 4.74 Å². The number of halogens is 4. The molecule has 0 atom stereocenters. The Bertz CT molecular complexity index is 345. The molecule has 6 heteroatoms. The highest BCUT2D eigenvalue weighted by Gasteiger charge is 2.30. The Morgan fingerprint density at radius 1 is 1.27 bits per heavy atom. The molecule has 15 heavy (non-hydrogen) atoms. The van der Waals surface area contributed by atoms with Crippen molar-refractivity contribution in [3.8, 4) is 5.75 Å². The van der Waals surface area contributed by atoms with Crippen LogP contribution in [0.25, 0.3) is 0 Å². The summed E-state index contributed by atoms with van der Waals surface area (Å²) in [6.45, 7) is 0. The predicted octanol–water partition coefficient (Wildman–Crippen LogP) is 2.89. The summed E-state index contributed by atoms with van der Waals surface area (Å²) in [6, 6.07) is 4.95. The van der Waals surface area contributed by atoms with E-state index in [9.17, 15) is 18.0 Å². The van der Waals surface area contributed by atoms with Crippen molar-refractivity contribution in [1.29, 1.82) is 0 Å². The fourth-order valence-corrected chi connectivity index (χ4v) is 1.12. The van der Waals surface area contributed by atoms with Crippen LogP contribution in [0.5, 0.6) is 5.75 Å². The lowest BCUT2D eigenvalue weighted by Crippen LogP contribution is -2.17. The first-order chi connectivity index (χ1) is 6.87. The summed E-state index contributed by atoms with van der Waals surface area (Å²) in [5.41, 5.74) is 0.532. The van der Waals surface area contributed by atoms with Gasteiger partial charge in [0.15, 0.2) is 0 Å². The molecule has 0 fully saturated rings. The lowest BCUT2D eigenvalue weighted by Gasteiger charge is -2.08. The van der Waals surface area contributed by atoms with Crippen LogP contribution < -0.4 is 4.74 Å². The fraction of sp³-hybridized carbons (Fsp3) is 0.222. The maximum Gasteiger partial charge on any atom is 0.573 e. The molecule has 1 aromatic carbocycles. The Morgan fingerprint density at radius 3 is 2.20 bits per heavy atom. The zero-order chi connectivity index (χ0) is 11.5. The van der Waals surface area contributed by atoms with Gasteiger partial charge in [0.2, 0.25) is 5.24 Å². The summed E-state index contributed by atoms with van der Waals surface area (Å²) in [6.07, 6.45) is -4.72. The van der Waals surface area contributed by atoms with E-state index in [1.54, 1.807) is 0 Å². The largest absolute Gasteiger partial charge is 0.573 e. The second-order valence-corrected chi connectivity index (χ2v) is 3.15. The maximum absolute atomic E-state index is 11.8. The standard InChI is InChI=1S/C9H6ClF3O2/c10-8(14)5-6-1-3-7(4-2-6)15-9(11,12)13/h1-4H,5H2. The number of hydrogen-bond donors (Lipinski definition) is 0. The molecule has 0 amide bonds. The van der Waals surface area contributed by atoms with E-state index in [1.165, 1.54) is 12.1 Å². The molecule has 0 N–H and O–H groups in total. The summed E-state index contributed by atoms with van der Waals surface area (Å²) in [5, 5.41) is -0.570. The van der Waals surface area contributed by atoms with Gasteiger partial charge in [0, 0.05) is 6.42 Å². The van der Waals surface area contributed by atoms with Gasteiger partial charge in [0.1, 0.15) is 5.75 Å². The number of carbonyl (C=O) groups is 1. The SMILES string of the molecule is O=C(Cl)Cc1ccc(OC(F)(F)F)cc1. The lowest BCUT2D eigenvalue weighted by atomic mass is 10.2. The molecular formula is C9H6ClF3O2. The minimum Gasteiger partial charge on any atom is -0.406 e. The first-order valence-electron chi connectivity index (χ1n) is 3.90. The number of rotatable bonds is 3. The lowest BCUT2D eigenvalue weighted by molar-refractivity contribution is -0.274. The molecule has 0 aliphatic rings. The Morgan fingerprint density at radius 2 is 1.80 bits per heavy atom. The van der Waals surface area contributed by atoms with E-state index in [1.807, 2.05) is 0 Å². The van der Waals surface area contributed by atoms with E-state index >= 15 is 0 Å². The van der Waals surface area contributed by atoms with E-state index in [0.29, 0.717) is 5.56 Å². The van der Waals surface area contributed by atoms with Crippen molar-refractivity contribution >= 4 is 16.8 Å². The average molecular weight is 239 g/mol. The molecule has 0 saturated heterocycles. The van der Waals surface area contributed by atoms with Gasteiger partial charge >= 0.3 is 6.36 Å². The topological polar surface area (TPSA) is 26.3 Å². The van der Waals surface area contributed by atoms with Crippen LogP contribution >= 0.6 is 11.6 Å². The van der Waals surface area contributed by atoms with Crippen LogP contribution in [-0.2, 0) is 11.2 Å². The summed E-state index contributed by atoms with van der Waals surface area (Å²) in [7, 11) is 0. The molecule has 0 radical (unpaired) electrons. The highest BCUT2D eigenvalue weighted by molar-refractivity contribution is 6.63. The molecular weight excluding hydrogens is 233 g/mol. The van der Waals surface area contributed by atoms with Crippen molar-refractivity contribution in [3.63, 3.8) is 0 Å². The van der Waals surface area contributed by atoms with Crippen molar-refractivity contribution in [1.82, 2.24) is 0 Å². The van der Waals surface area contributed by atoms with Gasteiger partial charge in [0.25, 0.3) is 0 Å². The minimum atomic E-state index is -4.70. The van der Waals surface area contributed by atoms with Gasteiger partial charge in [-0.1, -0.05) is 12.1 Å². The maximum atomic E-state index is 11.8. The van der Waals surface area contributed by atoms with E-state index in [-0.39, 0.29) is 12.2 Å². The van der Waals surface area contributed by atoms with Crippen molar-refractivity contribution < 1.29 is 22.7 Å². The van der Waals surface area contributed by atoms with Crippen molar-refractivity contribution in [2.24, 2.45) is 0 Å². The first kappa shape index (κ1) is 11.8.